The zero-order valence-electron chi connectivity index (χ0n) is 22.6. The second kappa shape index (κ2) is 11.3. The Balaban J connectivity index is 1.55. The molecule has 1 unspecified atom stereocenters. The number of carboxylic acid groups (broad SMARTS) is 1. The molecule has 2 aromatic heterocycles. The first-order valence-electron chi connectivity index (χ1n) is 13.0. The summed E-state index contributed by atoms with van der Waals surface area (Å²) in [5, 5.41) is 12.6. The SMILES string of the molecule is CCn1cc(-c2cc(Cn3ccnc3C)cc3c2OCC(Cc2ccc(F)c(OCC(=O)O)c2)C3=O)c(C(F)(F)F)n1. The number of fused-ring (bicyclic) bond motifs is 1. The fourth-order valence-corrected chi connectivity index (χ4v) is 4.92. The van der Waals surface area contributed by atoms with Crippen molar-refractivity contribution in [2.24, 2.45) is 5.92 Å². The Labute approximate surface area is 237 Å². The molecule has 0 radical (unpaired) electrons. The summed E-state index contributed by atoms with van der Waals surface area (Å²) in [6, 6.07) is 7.06. The molecule has 220 valence electrons. The summed E-state index contributed by atoms with van der Waals surface area (Å²) in [5.74, 6) is -2.68. The summed E-state index contributed by atoms with van der Waals surface area (Å²) in [6.07, 6.45) is -0.0250. The number of alkyl halides is 3. The maximum absolute atomic E-state index is 14.1. The van der Waals surface area contributed by atoms with E-state index >= 15 is 0 Å². The molecule has 13 heteroatoms. The predicted octanol–water partition coefficient (Wildman–Crippen LogP) is 5.18. The normalized spacial score (nSPS) is 14.9. The van der Waals surface area contributed by atoms with Gasteiger partial charge >= 0.3 is 12.1 Å². The van der Waals surface area contributed by atoms with Crippen molar-refractivity contribution in [1.82, 2.24) is 19.3 Å². The van der Waals surface area contributed by atoms with Gasteiger partial charge in [-0.05, 0) is 55.7 Å². The molecule has 0 bridgehead atoms. The number of aliphatic carboxylic acids is 1. The lowest BCUT2D eigenvalue weighted by atomic mass is 9.86. The Hall–Kier alpha value is -4.68. The van der Waals surface area contributed by atoms with Crippen molar-refractivity contribution in [3.05, 3.63) is 82.9 Å². The average Bonchev–Trinajstić information content (AvgIpc) is 3.56. The molecular formula is C29H26F4N4O5. The number of Topliss-reactive ketones (excluding diaryl/α,β-unsaturated/α-hetero) is 1. The lowest BCUT2D eigenvalue weighted by Gasteiger charge is -2.27. The summed E-state index contributed by atoms with van der Waals surface area (Å²) in [7, 11) is 0. The number of ketones is 1. The highest BCUT2D eigenvalue weighted by Crippen LogP contribution is 2.44. The van der Waals surface area contributed by atoms with Gasteiger partial charge in [0.05, 0.1) is 18.1 Å². The van der Waals surface area contributed by atoms with Crippen LogP contribution in [0, 0.1) is 18.7 Å². The number of rotatable bonds is 9. The van der Waals surface area contributed by atoms with Crippen LogP contribution in [0.1, 0.15) is 39.9 Å². The molecule has 3 heterocycles. The van der Waals surface area contributed by atoms with Crippen LogP contribution in [0.5, 0.6) is 11.5 Å². The smallest absolute Gasteiger partial charge is 0.435 e. The monoisotopic (exact) mass is 586 g/mol. The number of aromatic nitrogens is 4. The first-order chi connectivity index (χ1) is 19.9. The fourth-order valence-electron chi connectivity index (χ4n) is 4.92. The van der Waals surface area contributed by atoms with Crippen LogP contribution < -0.4 is 9.47 Å². The molecular weight excluding hydrogens is 560 g/mol. The van der Waals surface area contributed by atoms with Gasteiger partial charge in [0.15, 0.2) is 29.7 Å². The van der Waals surface area contributed by atoms with Gasteiger partial charge < -0.3 is 19.1 Å². The number of benzene rings is 2. The summed E-state index contributed by atoms with van der Waals surface area (Å²) >= 11 is 0. The van der Waals surface area contributed by atoms with E-state index in [1.165, 1.54) is 23.0 Å². The minimum atomic E-state index is -4.75. The van der Waals surface area contributed by atoms with Crippen LogP contribution in [0.4, 0.5) is 17.6 Å². The third-order valence-electron chi connectivity index (χ3n) is 6.96. The Kier molecular flexibility index (Phi) is 7.76. The number of carbonyl (C=O) groups excluding carboxylic acids is 1. The van der Waals surface area contributed by atoms with Crippen LogP contribution in [0.3, 0.4) is 0 Å². The second-order valence-electron chi connectivity index (χ2n) is 9.89. The van der Waals surface area contributed by atoms with Crippen molar-refractivity contribution in [1.29, 1.82) is 0 Å². The molecule has 0 spiro atoms. The van der Waals surface area contributed by atoms with Crippen LogP contribution in [0.25, 0.3) is 11.1 Å². The van der Waals surface area contributed by atoms with Crippen molar-refractivity contribution in [3.63, 3.8) is 0 Å². The molecule has 0 saturated carbocycles. The molecule has 0 fully saturated rings. The molecule has 9 nitrogen and oxygen atoms in total. The van der Waals surface area contributed by atoms with Gasteiger partial charge in [-0.2, -0.15) is 18.3 Å². The maximum atomic E-state index is 14.1. The van der Waals surface area contributed by atoms with E-state index in [0.717, 1.165) is 6.07 Å². The van der Waals surface area contributed by atoms with Gasteiger partial charge in [0, 0.05) is 42.8 Å². The molecule has 1 N–H and O–H groups in total. The minimum absolute atomic E-state index is 0.0353. The minimum Gasteiger partial charge on any atom is -0.491 e. The molecule has 1 aliphatic heterocycles. The van der Waals surface area contributed by atoms with Gasteiger partial charge in [0.1, 0.15) is 11.6 Å². The number of nitrogens with zero attached hydrogens (tertiary/aromatic N) is 4. The van der Waals surface area contributed by atoms with Crippen molar-refractivity contribution in [3.8, 4) is 22.6 Å². The number of carbonyl (C=O) groups is 2. The van der Waals surface area contributed by atoms with E-state index in [9.17, 15) is 27.2 Å². The topological polar surface area (TPSA) is 108 Å². The third-order valence-corrected chi connectivity index (χ3v) is 6.96. The van der Waals surface area contributed by atoms with Crippen LogP contribution in [0.2, 0.25) is 0 Å². The number of aryl methyl sites for hydroxylation is 2. The summed E-state index contributed by atoms with van der Waals surface area (Å²) in [6.45, 7) is 3.03. The zero-order valence-corrected chi connectivity index (χ0v) is 22.6. The highest BCUT2D eigenvalue weighted by molar-refractivity contribution is 6.04. The molecule has 1 aliphatic rings. The van der Waals surface area contributed by atoms with Gasteiger partial charge in [-0.1, -0.05) is 6.07 Å². The Bertz CT molecular complexity index is 1660. The Morgan fingerprint density at radius 2 is 1.93 bits per heavy atom. The van der Waals surface area contributed by atoms with Gasteiger partial charge in [-0.3, -0.25) is 9.48 Å². The quantitative estimate of drug-likeness (QED) is 0.269. The average molecular weight is 587 g/mol. The van der Waals surface area contributed by atoms with Crippen molar-refractivity contribution >= 4 is 11.8 Å². The molecule has 42 heavy (non-hydrogen) atoms. The number of ether oxygens (including phenoxy) is 2. The summed E-state index contributed by atoms with van der Waals surface area (Å²) in [5.41, 5.74) is 0.00132. The standard InChI is InChI=1S/C29H26F4N4O5/c1-3-37-13-22(28(35-37)29(31,32)33)20-9-18(12-36-7-6-34-16(36)2)10-21-26(40)19(14-42-27(20)21)8-17-4-5-23(30)24(11-17)41-15-25(38)39/h4-7,9-11,13,19H,3,8,12,14-15H2,1-2H3,(H,38,39). The van der Waals surface area contributed by atoms with Crippen LogP contribution >= 0.6 is 0 Å². The summed E-state index contributed by atoms with van der Waals surface area (Å²) < 4.78 is 70.3. The van der Waals surface area contributed by atoms with Gasteiger partial charge in [0.2, 0.25) is 0 Å². The van der Waals surface area contributed by atoms with E-state index in [1.807, 2.05) is 0 Å². The molecule has 1 atom stereocenters. The van der Waals surface area contributed by atoms with E-state index in [2.05, 4.69) is 10.1 Å². The van der Waals surface area contributed by atoms with Crippen LogP contribution in [-0.2, 0) is 30.5 Å². The first kappa shape index (κ1) is 28.8. The lowest BCUT2D eigenvalue weighted by molar-refractivity contribution is -0.141. The number of imidazole rings is 1. The maximum Gasteiger partial charge on any atom is 0.435 e. The second-order valence-corrected chi connectivity index (χ2v) is 9.89. The van der Waals surface area contributed by atoms with Gasteiger partial charge in [0.25, 0.3) is 0 Å². The van der Waals surface area contributed by atoms with E-state index in [1.54, 1.807) is 42.9 Å². The predicted molar refractivity (Wildman–Crippen MR) is 141 cm³/mol. The van der Waals surface area contributed by atoms with Crippen LogP contribution in [-0.4, -0.2) is 49.4 Å². The molecule has 0 saturated heterocycles. The van der Waals surface area contributed by atoms with Gasteiger partial charge in [-0.15, -0.1) is 0 Å². The largest absolute Gasteiger partial charge is 0.491 e. The molecule has 0 amide bonds. The molecule has 5 rings (SSSR count). The molecule has 4 aromatic rings. The molecule has 2 aromatic carbocycles. The van der Waals surface area contributed by atoms with Crippen molar-refractivity contribution in [2.45, 2.75) is 39.5 Å². The first-order valence-corrected chi connectivity index (χ1v) is 13.0. The van der Waals surface area contributed by atoms with E-state index in [0.29, 0.717) is 17.0 Å². The Morgan fingerprint density at radius 1 is 1.17 bits per heavy atom. The number of hydrogen-bond acceptors (Lipinski definition) is 6. The summed E-state index contributed by atoms with van der Waals surface area (Å²) in [4.78, 5) is 28.8. The highest BCUT2D eigenvalue weighted by Gasteiger charge is 2.40. The zero-order chi connectivity index (χ0) is 30.2. The highest BCUT2D eigenvalue weighted by atomic mass is 19.4. The van der Waals surface area contributed by atoms with Crippen molar-refractivity contribution in [2.75, 3.05) is 13.2 Å². The number of halogens is 4. The Morgan fingerprint density at radius 3 is 2.60 bits per heavy atom. The number of carboxylic acids is 1. The molecule has 0 aliphatic carbocycles. The third kappa shape index (κ3) is 5.85. The van der Waals surface area contributed by atoms with E-state index in [4.69, 9.17) is 14.6 Å². The van der Waals surface area contributed by atoms with Crippen molar-refractivity contribution < 1.29 is 41.7 Å². The fraction of sp³-hybridized carbons (Fsp3) is 0.310. The number of hydrogen-bond donors (Lipinski definition) is 1. The van der Waals surface area contributed by atoms with Crippen LogP contribution in [0.15, 0.2) is 48.9 Å². The van der Waals surface area contributed by atoms with E-state index < -0.39 is 36.2 Å². The van der Waals surface area contributed by atoms with Gasteiger partial charge in [-0.25, -0.2) is 14.2 Å². The lowest BCUT2D eigenvalue weighted by Crippen LogP contribution is -2.30. The van der Waals surface area contributed by atoms with E-state index in [-0.39, 0.29) is 60.1 Å².